The normalized spacial score (nSPS) is 11.9. The Morgan fingerprint density at radius 1 is 0.207 bits per heavy atom. The van der Waals surface area contributed by atoms with Crippen molar-refractivity contribution >= 4 is 22.3 Å². The SMILES string of the molecule is C(=C1C(=C=C(c2ccccc2)c2ccccc2)C(=C(c2ccccc2)c2ccccc2)C1=C(c1ccccc1)c1ccccc1)=C(c1ccccc1)c1ccccc1. The summed E-state index contributed by atoms with van der Waals surface area (Å²) in [5.74, 6) is 0. The number of benzene rings is 8. The highest BCUT2D eigenvalue weighted by molar-refractivity contribution is 6.05. The van der Waals surface area contributed by atoms with Gasteiger partial charge < -0.3 is 0 Å². The molecule has 0 heteroatoms. The summed E-state index contributed by atoms with van der Waals surface area (Å²) in [4.78, 5) is 0. The molecule has 0 radical (unpaired) electrons. The van der Waals surface area contributed by atoms with E-state index in [9.17, 15) is 0 Å². The molecule has 272 valence electrons. The van der Waals surface area contributed by atoms with Crippen molar-refractivity contribution in [3.8, 4) is 0 Å². The van der Waals surface area contributed by atoms with Crippen molar-refractivity contribution in [2.24, 2.45) is 0 Å². The standard InChI is InChI=1S/C58H40/c1-9-25-43(26-10-1)51(44-27-11-2-12-28-44)41-53-54(42-52(45-29-13-3-14-30-45)46-31-15-4-16-32-46)58(56(49-37-21-7-22-38-49)50-39-23-8-24-40-50)57(53)55(47-33-17-5-18-34-47)48-35-19-6-20-36-48/h1-40H. The number of hydrogen-bond acceptors (Lipinski definition) is 0. The third-order valence-electron chi connectivity index (χ3n) is 10.5. The lowest BCUT2D eigenvalue weighted by Gasteiger charge is -2.34. The molecule has 0 saturated heterocycles. The van der Waals surface area contributed by atoms with E-state index in [1.165, 1.54) is 0 Å². The van der Waals surface area contributed by atoms with Crippen molar-refractivity contribution in [3.63, 3.8) is 0 Å². The van der Waals surface area contributed by atoms with Crippen LogP contribution in [0.4, 0.5) is 0 Å². The quantitative estimate of drug-likeness (QED) is 0.136. The van der Waals surface area contributed by atoms with E-state index < -0.39 is 0 Å². The van der Waals surface area contributed by atoms with Crippen molar-refractivity contribution in [1.82, 2.24) is 0 Å². The molecule has 0 amide bonds. The Morgan fingerprint density at radius 2 is 0.379 bits per heavy atom. The molecule has 0 bridgehead atoms. The summed E-state index contributed by atoms with van der Waals surface area (Å²) in [6.45, 7) is 0. The molecule has 0 aliphatic heterocycles. The smallest absolute Gasteiger partial charge is 0.0413 e. The molecule has 0 atom stereocenters. The van der Waals surface area contributed by atoms with Gasteiger partial charge in [-0.2, -0.15) is 0 Å². The maximum atomic E-state index is 4.13. The van der Waals surface area contributed by atoms with Crippen LogP contribution in [0.2, 0.25) is 0 Å². The Balaban J connectivity index is 1.56. The Bertz CT molecular complexity index is 2480. The summed E-state index contributed by atoms with van der Waals surface area (Å²) in [5.41, 5.74) is 25.8. The van der Waals surface area contributed by atoms with Crippen LogP contribution in [0.15, 0.2) is 276 Å². The largest absolute Gasteiger partial charge is 0.102 e. The summed E-state index contributed by atoms with van der Waals surface area (Å²) in [6.07, 6.45) is 0. The zero-order valence-electron chi connectivity index (χ0n) is 32.1. The van der Waals surface area contributed by atoms with E-state index >= 15 is 0 Å². The molecule has 8 aromatic carbocycles. The van der Waals surface area contributed by atoms with Gasteiger partial charge in [-0.05, 0) is 55.7 Å². The first-order valence-corrected chi connectivity index (χ1v) is 19.8. The van der Waals surface area contributed by atoms with Gasteiger partial charge in [0.2, 0.25) is 0 Å². The third kappa shape index (κ3) is 7.46. The van der Waals surface area contributed by atoms with Gasteiger partial charge in [-0.15, -0.1) is 11.5 Å². The molecular weight excluding hydrogens is 697 g/mol. The molecule has 1 fully saturated rings. The first-order valence-electron chi connectivity index (χ1n) is 19.8. The highest BCUT2D eigenvalue weighted by Gasteiger charge is 2.38. The second kappa shape index (κ2) is 17.0. The van der Waals surface area contributed by atoms with E-state index in [2.05, 4.69) is 254 Å². The van der Waals surface area contributed by atoms with Crippen molar-refractivity contribution in [1.29, 1.82) is 0 Å². The number of hydrogen-bond donors (Lipinski definition) is 0. The van der Waals surface area contributed by atoms with Crippen molar-refractivity contribution in [2.45, 2.75) is 0 Å². The second-order valence-electron chi connectivity index (χ2n) is 14.2. The minimum Gasteiger partial charge on any atom is -0.102 e. The lowest BCUT2D eigenvalue weighted by Crippen LogP contribution is -2.18. The topological polar surface area (TPSA) is 0 Å². The third-order valence-corrected chi connectivity index (χ3v) is 10.5. The highest BCUT2D eigenvalue weighted by Crippen LogP contribution is 2.54. The van der Waals surface area contributed by atoms with Gasteiger partial charge in [-0.1, -0.05) is 243 Å². The Hall–Kier alpha value is -7.72. The van der Waals surface area contributed by atoms with E-state index in [0.29, 0.717) is 0 Å². The fourth-order valence-corrected chi connectivity index (χ4v) is 7.81. The van der Waals surface area contributed by atoms with Gasteiger partial charge in [0, 0.05) is 33.4 Å². The van der Waals surface area contributed by atoms with Crippen LogP contribution < -0.4 is 0 Å². The Kier molecular flexibility index (Phi) is 10.5. The molecular formula is C58H40. The maximum Gasteiger partial charge on any atom is 0.0413 e. The van der Waals surface area contributed by atoms with Gasteiger partial charge in [0.05, 0.1) is 0 Å². The fourth-order valence-electron chi connectivity index (χ4n) is 7.81. The van der Waals surface area contributed by atoms with Gasteiger partial charge in [0.1, 0.15) is 0 Å². The van der Waals surface area contributed by atoms with Gasteiger partial charge in [0.15, 0.2) is 0 Å². The molecule has 0 nitrogen and oxygen atoms in total. The minimum absolute atomic E-state index is 1.01. The molecule has 0 N–H and O–H groups in total. The molecule has 1 aliphatic carbocycles. The van der Waals surface area contributed by atoms with Crippen LogP contribution >= 0.6 is 0 Å². The lowest BCUT2D eigenvalue weighted by molar-refractivity contribution is 1.24. The summed E-state index contributed by atoms with van der Waals surface area (Å²) >= 11 is 0. The zero-order chi connectivity index (χ0) is 38.9. The zero-order valence-corrected chi connectivity index (χ0v) is 32.1. The van der Waals surface area contributed by atoms with Crippen LogP contribution in [0.1, 0.15) is 44.5 Å². The van der Waals surface area contributed by atoms with Crippen LogP contribution in [0.5, 0.6) is 0 Å². The Morgan fingerprint density at radius 3 is 0.569 bits per heavy atom. The summed E-state index contributed by atoms with van der Waals surface area (Å²) in [7, 11) is 0. The molecule has 1 aliphatic rings. The molecule has 9 rings (SSSR count). The maximum absolute atomic E-state index is 4.13. The molecule has 8 aromatic rings. The van der Waals surface area contributed by atoms with Crippen LogP contribution in [0.25, 0.3) is 22.3 Å². The van der Waals surface area contributed by atoms with E-state index in [-0.39, 0.29) is 0 Å². The highest BCUT2D eigenvalue weighted by atomic mass is 14.4. The average Bonchev–Trinajstić information content (AvgIpc) is 3.31. The van der Waals surface area contributed by atoms with Gasteiger partial charge >= 0.3 is 0 Å². The van der Waals surface area contributed by atoms with E-state index in [1.54, 1.807) is 0 Å². The van der Waals surface area contributed by atoms with Crippen molar-refractivity contribution in [2.75, 3.05) is 0 Å². The summed E-state index contributed by atoms with van der Waals surface area (Å²) in [6, 6.07) is 85.9. The molecule has 58 heavy (non-hydrogen) atoms. The van der Waals surface area contributed by atoms with Gasteiger partial charge in [0.25, 0.3) is 0 Å². The Labute approximate surface area is 341 Å². The fraction of sp³-hybridized carbons (Fsp3) is 0. The van der Waals surface area contributed by atoms with Crippen LogP contribution in [-0.2, 0) is 0 Å². The van der Waals surface area contributed by atoms with E-state index in [1.807, 2.05) is 0 Å². The molecule has 0 aromatic heterocycles. The molecule has 0 unspecified atom stereocenters. The predicted molar refractivity (Wildman–Crippen MR) is 243 cm³/mol. The van der Waals surface area contributed by atoms with Crippen molar-refractivity contribution in [3.05, 3.63) is 321 Å². The molecule has 0 spiro atoms. The minimum atomic E-state index is 1.01. The molecule has 0 heterocycles. The number of allylic oxidation sites excluding steroid dienone is 4. The van der Waals surface area contributed by atoms with Crippen LogP contribution in [0, 0.1) is 0 Å². The van der Waals surface area contributed by atoms with Crippen molar-refractivity contribution < 1.29 is 0 Å². The van der Waals surface area contributed by atoms with E-state index in [4.69, 9.17) is 0 Å². The first kappa shape index (κ1) is 35.9. The summed E-state index contributed by atoms with van der Waals surface area (Å²) < 4.78 is 0. The number of rotatable bonds is 8. The monoisotopic (exact) mass is 736 g/mol. The van der Waals surface area contributed by atoms with Crippen LogP contribution in [-0.4, -0.2) is 0 Å². The average molecular weight is 737 g/mol. The molecule has 1 saturated carbocycles. The predicted octanol–water partition coefficient (Wildman–Crippen LogP) is 14.3. The first-order chi connectivity index (χ1) is 28.8. The summed E-state index contributed by atoms with van der Waals surface area (Å²) in [5, 5.41) is 0. The second-order valence-corrected chi connectivity index (χ2v) is 14.2. The van der Waals surface area contributed by atoms with Gasteiger partial charge in [-0.25, -0.2) is 0 Å². The van der Waals surface area contributed by atoms with Crippen LogP contribution in [0.3, 0.4) is 0 Å². The van der Waals surface area contributed by atoms with Gasteiger partial charge in [-0.3, -0.25) is 0 Å². The lowest BCUT2D eigenvalue weighted by atomic mass is 9.66. The van der Waals surface area contributed by atoms with E-state index in [0.717, 1.165) is 89.1 Å².